The van der Waals surface area contributed by atoms with Gasteiger partial charge in [0.1, 0.15) is 23.9 Å². The number of rotatable bonds is 8. The molecular formula is C20H25ClFN2O3+. The SMILES string of the molecule is COc1ccc(OC)c([C@@H](C)NC(=O)C[NH+](C)Cc2c(F)cccc2Cl)c1. The van der Waals surface area contributed by atoms with E-state index in [2.05, 4.69) is 5.32 Å². The first-order valence-corrected chi connectivity index (χ1v) is 8.99. The summed E-state index contributed by atoms with van der Waals surface area (Å²) in [5.74, 6) is 0.834. The van der Waals surface area contributed by atoms with Crippen molar-refractivity contribution in [2.75, 3.05) is 27.8 Å². The molecule has 2 aromatic rings. The molecular weight excluding hydrogens is 371 g/mol. The van der Waals surface area contributed by atoms with Gasteiger partial charge in [-0.15, -0.1) is 0 Å². The van der Waals surface area contributed by atoms with E-state index >= 15 is 0 Å². The van der Waals surface area contributed by atoms with Gasteiger partial charge in [0.2, 0.25) is 0 Å². The lowest BCUT2D eigenvalue weighted by molar-refractivity contribution is -0.885. The van der Waals surface area contributed by atoms with Crippen LogP contribution in [-0.4, -0.2) is 33.7 Å². The molecule has 1 unspecified atom stereocenters. The number of hydrogen-bond acceptors (Lipinski definition) is 3. The minimum absolute atomic E-state index is 0.155. The summed E-state index contributed by atoms with van der Waals surface area (Å²) >= 11 is 6.06. The zero-order valence-electron chi connectivity index (χ0n) is 15.9. The van der Waals surface area contributed by atoms with Crippen molar-refractivity contribution in [3.8, 4) is 11.5 Å². The molecule has 2 atom stereocenters. The number of likely N-dealkylation sites (N-methyl/N-ethyl adjacent to an activating group) is 1. The molecule has 5 nitrogen and oxygen atoms in total. The number of halogens is 2. The zero-order chi connectivity index (χ0) is 20.0. The largest absolute Gasteiger partial charge is 0.497 e. The normalized spacial score (nSPS) is 13.0. The fraction of sp³-hybridized carbons (Fsp3) is 0.350. The van der Waals surface area contributed by atoms with Gasteiger partial charge in [0.15, 0.2) is 6.54 Å². The van der Waals surface area contributed by atoms with Gasteiger partial charge in [-0.2, -0.15) is 0 Å². The summed E-state index contributed by atoms with van der Waals surface area (Å²) in [4.78, 5) is 13.2. The van der Waals surface area contributed by atoms with E-state index in [9.17, 15) is 9.18 Å². The van der Waals surface area contributed by atoms with Crippen molar-refractivity contribution in [3.63, 3.8) is 0 Å². The van der Waals surface area contributed by atoms with Crippen LogP contribution in [0.25, 0.3) is 0 Å². The van der Waals surface area contributed by atoms with Gasteiger partial charge < -0.3 is 19.7 Å². The van der Waals surface area contributed by atoms with Crippen LogP contribution in [-0.2, 0) is 11.3 Å². The van der Waals surface area contributed by atoms with Crippen molar-refractivity contribution in [3.05, 3.63) is 58.4 Å². The van der Waals surface area contributed by atoms with Gasteiger partial charge in [-0.1, -0.05) is 17.7 Å². The summed E-state index contributed by atoms with van der Waals surface area (Å²) in [6.45, 7) is 2.37. The van der Waals surface area contributed by atoms with Crippen molar-refractivity contribution >= 4 is 17.5 Å². The fourth-order valence-electron chi connectivity index (χ4n) is 2.89. The molecule has 2 N–H and O–H groups in total. The van der Waals surface area contributed by atoms with Crippen LogP contribution in [0.4, 0.5) is 4.39 Å². The lowest BCUT2D eigenvalue weighted by atomic mass is 10.1. The molecule has 0 aliphatic heterocycles. The van der Waals surface area contributed by atoms with Gasteiger partial charge in [-0.25, -0.2) is 4.39 Å². The lowest BCUT2D eigenvalue weighted by Gasteiger charge is -2.20. The standard InChI is InChI=1S/C20H24ClFN2O3/c1-13(15-10-14(26-3)8-9-19(15)27-4)23-20(25)12-24(2)11-16-17(21)6-5-7-18(16)22/h5-10,13H,11-12H2,1-4H3,(H,23,25)/p+1/t13-/m1/s1. The molecule has 7 heteroatoms. The Bertz CT molecular complexity index is 781. The van der Waals surface area contributed by atoms with Gasteiger partial charge in [0.05, 0.1) is 37.9 Å². The molecule has 1 amide bonds. The third-order valence-electron chi connectivity index (χ3n) is 4.28. The van der Waals surface area contributed by atoms with Crippen LogP contribution >= 0.6 is 11.6 Å². The molecule has 0 saturated carbocycles. The predicted octanol–water partition coefficient (Wildman–Crippen LogP) is 2.39. The minimum atomic E-state index is -0.364. The zero-order valence-corrected chi connectivity index (χ0v) is 16.7. The molecule has 0 heterocycles. The van der Waals surface area contributed by atoms with Crippen molar-refractivity contribution in [2.24, 2.45) is 0 Å². The van der Waals surface area contributed by atoms with Crippen molar-refractivity contribution < 1.29 is 23.6 Å². The second-order valence-electron chi connectivity index (χ2n) is 6.41. The van der Waals surface area contributed by atoms with Crippen LogP contribution in [0, 0.1) is 5.82 Å². The van der Waals surface area contributed by atoms with E-state index in [0.717, 1.165) is 10.5 Å². The number of quaternary nitrogens is 1. The highest BCUT2D eigenvalue weighted by Gasteiger charge is 2.19. The van der Waals surface area contributed by atoms with E-state index in [1.165, 1.54) is 6.07 Å². The van der Waals surface area contributed by atoms with Gasteiger partial charge in [-0.3, -0.25) is 4.79 Å². The Morgan fingerprint density at radius 1 is 1.26 bits per heavy atom. The van der Waals surface area contributed by atoms with Crippen molar-refractivity contribution in [2.45, 2.75) is 19.5 Å². The Morgan fingerprint density at radius 2 is 2.00 bits per heavy atom. The van der Waals surface area contributed by atoms with E-state index in [-0.39, 0.29) is 24.3 Å². The summed E-state index contributed by atoms with van der Waals surface area (Å²) in [6, 6.07) is 9.73. The third-order valence-corrected chi connectivity index (χ3v) is 4.64. The van der Waals surface area contributed by atoms with Crippen LogP contribution in [0.15, 0.2) is 36.4 Å². The molecule has 0 aromatic heterocycles. The second kappa shape index (κ2) is 9.58. The quantitative estimate of drug-likeness (QED) is 0.721. The third kappa shape index (κ3) is 5.58. The number of nitrogens with one attached hydrogen (secondary N) is 2. The number of carbonyl (C=O) groups excluding carboxylic acids is 1. The van der Waals surface area contributed by atoms with Gasteiger partial charge in [-0.05, 0) is 37.3 Å². The highest BCUT2D eigenvalue weighted by molar-refractivity contribution is 6.31. The Balaban J connectivity index is 2.00. The van der Waals surface area contributed by atoms with Gasteiger partial charge >= 0.3 is 0 Å². The van der Waals surface area contributed by atoms with Gasteiger partial charge in [0, 0.05) is 5.56 Å². The van der Waals surface area contributed by atoms with E-state index in [0.29, 0.717) is 28.6 Å². The molecule has 2 rings (SSSR count). The Kier molecular flexibility index (Phi) is 7.45. The molecule has 0 fully saturated rings. The lowest BCUT2D eigenvalue weighted by Crippen LogP contribution is -3.09. The molecule has 0 spiro atoms. The first-order valence-electron chi connectivity index (χ1n) is 8.61. The fourth-order valence-corrected chi connectivity index (χ4v) is 3.12. The monoisotopic (exact) mass is 395 g/mol. The average Bonchev–Trinajstić information content (AvgIpc) is 2.64. The molecule has 0 aliphatic carbocycles. The Hall–Kier alpha value is -2.31. The molecule has 27 heavy (non-hydrogen) atoms. The molecule has 0 aliphatic rings. The number of methoxy groups -OCH3 is 2. The first kappa shape index (κ1) is 21.0. The average molecular weight is 396 g/mol. The van der Waals surface area contributed by atoms with E-state index in [1.807, 2.05) is 20.0 Å². The van der Waals surface area contributed by atoms with Crippen LogP contribution in [0.2, 0.25) is 5.02 Å². The summed E-state index contributed by atoms with van der Waals surface area (Å²) in [7, 11) is 4.98. The van der Waals surface area contributed by atoms with E-state index in [1.54, 1.807) is 38.5 Å². The van der Waals surface area contributed by atoms with E-state index in [4.69, 9.17) is 21.1 Å². The Morgan fingerprint density at radius 3 is 2.63 bits per heavy atom. The highest BCUT2D eigenvalue weighted by atomic mass is 35.5. The molecule has 0 saturated heterocycles. The number of amides is 1. The molecule has 0 bridgehead atoms. The number of ether oxygens (including phenoxy) is 2. The van der Waals surface area contributed by atoms with Crippen LogP contribution in [0.1, 0.15) is 24.1 Å². The number of carbonyl (C=O) groups is 1. The molecule has 0 radical (unpaired) electrons. The minimum Gasteiger partial charge on any atom is -0.497 e. The summed E-state index contributed by atoms with van der Waals surface area (Å²) in [6.07, 6.45) is 0. The van der Waals surface area contributed by atoms with E-state index < -0.39 is 0 Å². The maximum Gasteiger partial charge on any atom is 0.275 e. The summed E-state index contributed by atoms with van der Waals surface area (Å²) in [5, 5.41) is 3.31. The Labute approximate surface area is 164 Å². The number of hydrogen-bond donors (Lipinski definition) is 2. The highest BCUT2D eigenvalue weighted by Crippen LogP contribution is 2.29. The van der Waals surface area contributed by atoms with Gasteiger partial charge in [0.25, 0.3) is 5.91 Å². The molecule has 2 aromatic carbocycles. The number of benzene rings is 2. The molecule has 146 valence electrons. The van der Waals surface area contributed by atoms with Crippen LogP contribution < -0.4 is 19.7 Å². The topological polar surface area (TPSA) is 52.0 Å². The summed E-state index contributed by atoms with van der Waals surface area (Å²) < 4.78 is 24.5. The first-order chi connectivity index (χ1) is 12.8. The smallest absolute Gasteiger partial charge is 0.275 e. The second-order valence-corrected chi connectivity index (χ2v) is 6.82. The maximum atomic E-state index is 13.9. The van der Waals surface area contributed by atoms with Crippen LogP contribution in [0.3, 0.4) is 0 Å². The van der Waals surface area contributed by atoms with Crippen molar-refractivity contribution in [1.82, 2.24) is 5.32 Å². The summed E-state index contributed by atoms with van der Waals surface area (Å²) in [5.41, 5.74) is 1.23. The predicted molar refractivity (Wildman–Crippen MR) is 103 cm³/mol. The van der Waals surface area contributed by atoms with Crippen molar-refractivity contribution in [1.29, 1.82) is 0 Å². The maximum absolute atomic E-state index is 13.9. The van der Waals surface area contributed by atoms with Crippen LogP contribution in [0.5, 0.6) is 11.5 Å².